The number of nitrogens with one attached hydrogen (secondary N) is 1. The van der Waals surface area contributed by atoms with Gasteiger partial charge in [-0.25, -0.2) is 22.1 Å². The topological polar surface area (TPSA) is 129 Å². The molecule has 0 amide bonds. The summed E-state index contributed by atoms with van der Waals surface area (Å²) in [6.45, 7) is 5.99. The molecule has 0 unspecified atom stereocenters. The number of hydrogen-bond acceptors (Lipinski definition) is 6. The number of carbonyl (C=O) groups excluding carboxylic acids is 1. The van der Waals surface area contributed by atoms with E-state index in [4.69, 9.17) is 5.73 Å². The number of anilines is 1. The van der Waals surface area contributed by atoms with Gasteiger partial charge in [-0.2, -0.15) is 5.10 Å². The number of aryl methyl sites for hydroxylation is 1. The third kappa shape index (κ3) is 4.00. The molecule has 6 aromatic rings. The summed E-state index contributed by atoms with van der Waals surface area (Å²) >= 11 is 0. The molecule has 3 aromatic heterocycles. The van der Waals surface area contributed by atoms with Gasteiger partial charge < -0.3 is 10.7 Å². The Balaban J connectivity index is 1.46. The molecule has 0 aliphatic carbocycles. The van der Waals surface area contributed by atoms with Crippen LogP contribution >= 0.6 is 0 Å². The number of nitrogens with zero attached hydrogens (tertiary/aromatic N) is 4. The summed E-state index contributed by atoms with van der Waals surface area (Å²) in [5.74, 6) is 0.666. The highest BCUT2D eigenvalue weighted by atomic mass is 32.2. The highest BCUT2D eigenvalue weighted by Gasteiger charge is 2.29. The number of fused-ring (bicyclic) bond motifs is 2. The van der Waals surface area contributed by atoms with Gasteiger partial charge in [-0.1, -0.05) is 49.7 Å². The van der Waals surface area contributed by atoms with Crippen LogP contribution < -0.4 is 5.73 Å². The highest BCUT2D eigenvalue weighted by Crippen LogP contribution is 2.30. The molecule has 0 aliphatic heterocycles. The number of aromatic amines is 1. The van der Waals surface area contributed by atoms with Crippen molar-refractivity contribution in [2.75, 3.05) is 5.73 Å². The smallest absolute Gasteiger partial charge is 0.268 e. The Hall–Kier alpha value is -4.70. The lowest BCUT2D eigenvalue weighted by Gasteiger charge is -2.12. The summed E-state index contributed by atoms with van der Waals surface area (Å²) < 4.78 is 30.2. The molecule has 39 heavy (non-hydrogen) atoms. The van der Waals surface area contributed by atoms with Crippen molar-refractivity contribution in [1.82, 2.24) is 23.7 Å². The van der Waals surface area contributed by atoms with Gasteiger partial charge in [0.1, 0.15) is 17.3 Å². The van der Waals surface area contributed by atoms with E-state index < -0.39 is 15.8 Å². The molecule has 0 fully saturated rings. The Morgan fingerprint density at radius 3 is 2.49 bits per heavy atom. The lowest BCUT2D eigenvalue weighted by molar-refractivity contribution is 0.103. The molecule has 0 saturated heterocycles. The predicted molar refractivity (Wildman–Crippen MR) is 151 cm³/mol. The Labute approximate surface area is 225 Å². The predicted octanol–water partition coefficient (Wildman–Crippen LogP) is 5.19. The molecule has 0 bridgehead atoms. The van der Waals surface area contributed by atoms with Gasteiger partial charge in [0.05, 0.1) is 38.9 Å². The monoisotopic (exact) mass is 538 g/mol. The zero-order valence-electron chi connectivity index (χ0n) is 21.6. The number of aromatic nitrogens is 5. The number of rotatable bonds is 6. The zero-order valence-corrected chi connectivity index (χ0v) is 22.4. The van der Waals surface area contributed by atoms with Gasteiger partial charge in [0.25, 0.3) is 10.0 Å². The molecule has 0 saturated carbocycles. The van der Waals surface area contributed by atoms with Crippen LogP contribution in [0.3, 0.4) is 0 Å². The Morgan fingerprint density at radius 1 is 1.00 bits per heavy atom. The fraction of sp³-hybridized carbons (Fsp3) is 0.138. The molecule has 9 nitrogen and oxygen atoms in total. The number of nitrogens with two attached hydrogens (primary N) is 1. The Kier molecular flexibility index (Phi) is 5.65. The summed E-state index contributed by atoms with van der Waals surface area (Å²) in [6.07, 6.45) is 1.37. The maximum atomic E-state index is 13.9. The largest absolute Gasteiger partial charge is 0.383 e. The molecule has 196 valence electrons. The van der Waals surface area contributed by atoms with Gasteiger partial charge in [-0.3, -0.25) is 4.79 Å². The molecule has 0 aliphatic rings. The summed E-state index contributed by atoms with van der Waals surface area (Å²) in [6, 6.07) is 20.6. The fourth-order valence-electron chi connectivity index (χ4n) is 4.66. The number of nitrogen functional groups attached to an aromatic ring is 1. The number of ketones is 1. The van der Waals surface area contributed by atoms with Gasteiger partial charge in [0, 0.05) is 11.3 Å². The van der Waals surface area contributed by atoms with Crippen LogP contribution in [0.5, 0.6) is 0 Å². The van der Waals surface area contributed by atoms with E-state index in [0.29, 0.717) is 16.6 Å². The Morgan fingerprint density at radius 2 is 1.74 bits per heavy atom. The summed E-state index contributed by atoms with van der Waals surface area (Å²) in [5, 5.41) is 4.99. The van der Waals surface area contributed by atoms with Crippen LogP contribution in [0.2, 0.25) is 0 Å². The van der Waals surface area contributed by atoms with Crippen molar-refractivity contribution >= 4 is 43.6 Å². The first-order valence-corrected chi connectivity index (χ1v) is 13.9. The van der Waals surface area contributed by atoms with Crippen LogP contribution in [0.25, 0.3) is 27.6 Å². The quantitative estimate of drug-likeness (QED) is 0.281. The average molecular weight is 539 g/mol. The van der Waals surface area contributed by atoms with Gasteiger partial charge >= 0.3 is 0 Å². The van der Waals surface area contributed by atoms with Crippen molar-refractivity contribution in [3.05, 3.63) is 102 Å². The van der Waals surface area contributed by atoms with E-state index in [9.17, 15) is 13.2 Å². The molecular formula is C29H26N6O3S. The highest BCUT2D eigenvalue weighted by molar-refractivity contribution is 7.90. The number of H-pyrrole nitrogens is 1. The first-order valence-electron chi connectivity index (χ1n) is 12.5. The van der Waals surface area contributed by atoms with Crippen molar-refractivity contribution < 1.29 is 13.2 Å². The maximum Gasteiger partial charge on any atom is 0.268 e. The van der Waals surface area contributed by atoms with Gasteiger partial charge in [-0.05, 0) is 49.4 Å². The number of imidazole rings is 1. The molecule has 3 aromatic carbocycles. The molecule has 0 spiro atoms. The van der Waals surface area contributed by atoms with E-state index in [1.807, 2.05) is 25.1 Å². The fourth-order valence-corrected chi connectivity index (χ4v) is 6.17. The molecule has 6 rings (SSSR count). The van der Waals surface area contributed by atoms with E-state index >= 15 is 0 Å². The van der Waals surface area contributed by atoms with Crippen molar-refractivity contribution in [1.29, 1.82) is 0 Å². The minimum absolute atomic E-state index is 0.0198. The summed E-state index contributed by atoms with van der Waals surface area (Å²) in [7, 11) is -4.09. The number of carbonyl (C=O) groups is 1. The normalized spacial score (nSPS) is 12.1. The minimum atomic E-state index is -4.09. The molecule has 10 heteroatoms. The van der Waals surface area contributed by atoms with Crippen molar-refractivity contribution in [2.45, 2.75) is 31.6 Å². The zero-order chi connectivity index (χ0) is 27.5. The third-order valence-electron chi connectivity index (χ3n) is 6.78. The molecule has 3 N–H and O–H groups in total. The Bertz CT molecular complexity index is 2000. The van der Waals surface area contributed by atoms with Crippen LogP contribution in [0.4, 0.5) is 5.82 Å². The van der Waals surface area contributed by atoms with Gasteiger partial charge in [0.15, 0.2) is 0 Å². The second kappa shape index (κ2) is 8.95. The van der Waals surface area contributed by atoms with Gasteiger partial charge in [0.2, 0.25) is 5.78 Å². The van der Waals surface area contributed by atoms with Crippen LogP contribution in [0.1, 0.15) is 47.2 Å². The van der Waals surface area contributed by atoms with Crippen molar-refractivity contribution in [2.24, 2.45) is 0 Å². The van der Waals surface area contributed by atoms with Crippen LogP contribution in [-0.2, 0) is 10.0 Å². The van der Waals surface area contributed by atoms with E-state index in [-0.39, 0.29) is 27.9 Å². The first kappa shape index (κ1) is 24.6. The lowest BCUT2D eigenvalue weighted by atomic mass is 10.1. The lowest BCUT2D eigenvalue weighted by Crippen LogP contribution is -2.19. The average Bonchev–Trinajstić information content (AvgIpc) is 3.63. The van der Waals surface area contributed by atoms with Crippen LogP contribution in [-0.4, -0.2) is 37.9 Å². The third-order valence-corrected chi connectivity index (χ3v) is 8.53. The van der Waals surface area contributed by atoms with Crippen molar-refractivity contribution in [3.63, 3.8) is 0 Å². The number of hydrogen-bond donors (Lipinski definition) is 2. The molecule has 0 atom stereocenters. The van der Waals surface area contributed by atoms with Crippen LogP contribution in [0, 0.1) is 6.92 Å². The summed E-state index contributed by atoms with van der Waals surface area (Å²) in [4.78, 5) is 21.9. The maximum absolute atomic E-state index is 13.9. The first-order chi connectivity index (χ1) is 18.6. The van der Waals surface area contributed by atoms with E-state index in [2.05, 4.69) is 28.9 Å². The van der Waals surface area contributed by atoms with Crippen LogP contribution in [0.15, 0.2) is 83.9 Å². The second-order valence-corrected chi connectivity index (χ2v) is 11.6. The molecular weight excluding hydrogens is 512 g/mol. The van der Waals surface area contributed by atoms with Gasteiger partial charge in [-0.15, -0.1) is 0 Å². The molecule has 3 heterocycles. The second-order valence-electron chi connectivity index (χ2n) is 9.83. The number of para-hydroxylation sites is 1. The van der Waals surface area contributed by atoms with E-state index in [0.717, 1.165) is 26.4 Å². The summed E-state index contributed by atoms with van der Waals surface area (Å²) in [5.41, 5.74) is 10.1. The van der Waals surface area contributed by atoms with E-state index in [1.54, 1.807) is 42.5 Å². The minimum Gasteiger partial charge on any atom is -0.383 e. The number of benzene rings is 3. The van der Waals surface area contributed by atoms with Crippen molar-refractivity contribution in [3.8, 4) is 5.69 Å². The van der Waals surface area contributed by atoms with E-state index in [1.165, 1.54) is 23.0 Å². The standard InChI is InChI=1S/C29H26N6O3S/c1-17(2)29-32-23-13-10-20(15-24(23)33-29)34-28(30)22(16-31-34)27(36)26-14-19-6-4-5-7-25(19)35(26)39(37,38)21-11-8-18(3)9-12-21/h4-17H,30H2,1-3H3,(H,32,33). The molecule has 0 radical (unpaired) electrons. The SMILES string of the molecule is Cc1ccc(S(=O)(=O)n2c(C(=O)c3cnn(-c4ccc5nc(C(C)C)[nH]c5c4)c3N)cc3ccccc32)cc1.